The summed E-state index contributed by atoms with van der Waals surface area (Å²) in [6.07, 6.45) is 9.26. The van der Waals surface area contributed by atoms with Gasteiger partial charge in [-0.1, -0.05) is 133 Å². The molecule has 0 radical (unpaired) electrons. The van der Waals surface area contributed by atoms with Crippen molar-refractivity contribution in [1.29, 1.82) is 0 Å². The van der Waals surface area contributed by atoms with E-state index in [1.165, 1.54) is 33.4 Å². The van der Waals surface area contributed by atoms with Crippen molar-refractivity contribution in [1.82, 2.24) is 0 Å². The van der Waals surface area contributed by atoms with Crippen molar-refractivity contribution in [2.75, 3.05) is 0 Å². The molecule has 3 atom stereocenters. The molecule has 0 N–H and O–H groups in total. The second-order valence-electron chi connectivity index (χ2n) is 8.49. The van der Waals surface area contributed by atoms with Crippen LogP contribution in [0.2, 0.25) is 0 Å². The molecule has 0 fully saturated rings. The number of rotatable bonds is 3. The Balaban J connectivity index is 1.74. The van der Waals surface area contributed by atoms with Crippen LogP contribution in [0.5, 0.6) is 0 Å². The first-order valence-electron chi connectivity index (χ1n) is 11.1. The fourth-order valence-electron chi connectivity index (χ4n) is 5.87. The van der Waals surface area contributed by atoms with Gasteiger partial charge in [0.25, 0.3) is 0 Å². The van der Waals surface area contributed by atoms with Crippen molar-refractivity contribution in [3.05, 3.63) is 156 Å². The molecule has 0 heterocycles. The molecular formula is C31H24. The molecule has 0 heteroatoms. The minimum atomic E-state index is -0.240. The summed E-state index contributed by atoms with van der Waals surface area (Å²) in [7, 11) is 0. The summed E-state index contributed by atoms with van der Waals surface area (Å²) in [6, 6.07) is 40.0. The average Bonchev–Trinajstić information content (AvgIpc) is 3.16. The zero-order chi connectivity index (χ0) is 20.7. The molecule has 0 spiro atoms. The summed E-state index contributed by atoms with van der Waals surface area (Å²) >= 11 is 0. The molecule has 3 unspecified atom stereocenters. The van der Waals surface area contributed by atoms with E-state index in [2.05, 4.69) is 133 Å². The fraction of sp³-hybridized carbons (Fsp3) is 0.0968. The molecule has 2 aliphatic carbocycles. The zero-order valence-electron chi connectivity index (χ0n) is 17.4. The Hall–Kier alpha value is -3.64. The Morgan fingerprint density at radius 3 is 1.94 bits per heavy atom. The molecule has 0 saturated heterocycles. The van der Waals surface area contributed by atoms with E-state index >= 15 is 0 Å². The van der Waals surface area contributed by atoms with Crippen LogP contribution in [0.15, 0.2) is 133 Å². The first kappa shape index (κ1) is 18.2. The molecule has 4 aromatic carbocycles. The van der Waals surface area contributed by atoms with Gasteiger partial charge in [0.05, 0.1) is 5.41 Å². The molecule has 148 valence electrons. The van der Waals surface area contributed by atoms with Crippen LogP contribution in [0.3, 0.4) is 0 Å². The lowest BCUT2D eigenvalue weighted by molar-refractivity contribution is 0.457. The van der Waals surface area contributed by atoms with Crippen molar-refractivity contribution in [2.24, 2.45) is 5.92 Å². The maximum atomic E-state index is 2.43. The fourth-order valence-corrected chi connectivity index (χ4v) is 5.87. The summed E-state index contributed by atoms with van der Waals surface area (Å²) in [5.41, 5.74) is 7.95. The minimum absolute atomic E-state index is 0.240. The molecule has 6 rings (SSSR count). The van der Waals surface area contributed by atoms with Gasteiger partial charge < -0.3 is 0 Å². The molecule has 4 aromatic rings. The molecule has 0 amide bonds. The lowest BCUT2D eigenvalue weighted by Gasteiger charge is -2.40. The SMILES string of the molecule is C1=CC2c3ccccc3C(c3ccccc3)(c3ccccc3-c3ccccc3)C2C=C1. The largest absolute Gasteiger partial charge is 0.0789 e. The van der Waals surface area contributed by atoms with Gasteiger partial charge in [-0.15, -0.1) is 0 Å². The van der Waals surface area contributed by atoms with E-state index in [4.69, 9.17) is 0 Å². The molecule has 2 aliphatic rings. The molecule has 31 heavy (non-hydrogen) atoms. The Morgan fingerprint density at radius 1 is 0.516 bits per heavy atom. The highest BCUT2D eigenvalue weighted by Gasteiger charge is 2.53. The van der Waals surface area contributed by atoms with Gasteiger partial charge in [-0.2, -0.15) is 0 Å². The third kappa shape index (κ3) is 2.61. The number of allylic oxidation sites excluding steroid dienone is 4. The zero-order valence-corrected chi connectivity index (χ0v) is 17.4. The Labute approximate surface area is 184 Å². The van der Waals surface area contributed by atoms with Gasteiger partial charge in [0.15, 0.2) is 0 Å². The second-order valence-corrected chi connectivity index (χ2v) is 8.49. The summed E-state index contributed by atoms with van der Waals surface area (Å²) in [5.74, 6) is 0.715. The van der Waals surface area contributed by atoms with Crippen molar-refractivity contribution in [3.63, 3.8) is 0 Å². The Bertz CT molecular complexity index is 1280. The summed E-state index contributed by atoms with van der Waals surface area (Å²) in [4.78, 5) is 0. The second kappa shape index (κ2) is 7.25. The van der Waals surface area contributed by atoms with Crippen molar-refractivity contribution < 1.29 is 0 Å². The Kier molecular flexibility index (Phi) is 4.25. The quantitative estimate of drug-likeness (QED) is 0.336. The number of hydrogen-bond donors (Lipinski definition) is 0. The summed E-state index contributed by atoms with van der Waals surface area (Å²) in [5, 5.41) is 0. The predicted octanol–water partition coefficient (Wildman–Crippen LogP) is 7.53. The smallest absolute Gasteiger partial charge is 0.0531 e. The lowest BCUT2D eigenvalue weighted by Crippen LogP contribution is -2.35. The number of hydrogen-bond acceptors (Lipinski definition) is 0. The molecule has 0 aromatic heterocycles. The van der Waals surface area contributed by atoms with Crippen molar-refractivity contribution >= 4 is 0 Å². The third-order valence-corrected chi connectivity index (χ3v) is 7.05. The normalized spacial score (nSPS) is 23.4. The van der Waals surface area contributed by atoms with Crippen molar-refractivity contribution in [2.45, 2.75) is 11.3 Å². The molecule has 0 nitrogen and oxygen atoms in total. The number of benzene rings is 4. The van der Waals surface area contributed by atoms with Crippen LogP contribution in [-0.2, 0) is 5.41 Å². The predicted molar refractivity (Wildman–Crippen MR) is 129 cm³/mol. The van der Waals surface area contributed by atoms with Crippen LogP contribution in [0, 0.1) is 5.92 Å². The van der Waals surface area contributed by atoms with Crippen LogP contribution in [0.25, 0.3) is 11.1 Å². The van der Waals surface area contributed by atoms with Crippen LogP contribution >= 0.6 is 0 Å². The third-order valence-electron chi connectivity index (χ3n) is 7.05. The summed E-state index contributed by atoms with van der Waals surface area (Å²) in [6.45, 7) is 0. The van der Waals surface area contributed by atoms with E-state index in [9.17, 15) is 0 Å². The van der Waals surface area contributed by atoms with Crippen molar-refractivity contribution in [3.8, 4) is 11.1 Å². The van der Waals surface area contributed by atoms with E-state index in [1.54, 1.807) is 0 Å². The monoisotopic (exact) mass is 396 g/mol. The van der Waals surface area contributed by atoms with Gasteiger partial charge in [-0.3, -0.25) is 0 Å². The first-order valence-corrected chi connectivity index (χ1v) is 11.1. The topological polar surface area (TPSA) is 0 Å². The van der Waals surface area contributed by atoms with Gasteiger partial charge in [-0.05, 0) is 33.4 Å². The van der Waals surface area contributed by atoms with E-state index < -0.39 is 0 Å². The molecule has 0 saturated carbocycles. The highest BCUT2D eigenvalue weighted by atomic mass is 14.5. The van der Waals surface area contributed by atoms with E-state index in [0.29, 0.717) is 11.8 Å². The maximum Gasteiger partial charge on any atom is 0.0531 e. The standard InChI is InChI=1S/C31H24/c1-3-13-23(14-4-1)25-17-7-10-20-28(25)31(24-15-5-2-6-16-24)29-21-11-8-18-26(29)27-19-9-12-22-30(27)31/h1-22,26,29H. The Morgan fingerprint density at radius 2 is 1.13 bits per heavy atom. The highest BCUT2D eigenvalue weighted by Crippen LogP contribution is 2.60. The van der Waals surface area contributed by atoms with E-state index in [1.807, 2.05) is 0 Å². The van der Waals surface area contributed by atoms with Gasteiger partial charge >= 0.3 is 0 Å². The van der Waals surface area contributed by atoms with Gasteiger partial charge in [-0.25, -0.2) is 0 Å². The van der Waals surface area contributed by atoms with Crippen LogP contribution in [0.4, 0.5) is 0 Å². The van der Waals surface area contributed by atoms with Crippen LogP contribution < -0.4 is 0 Å². The van der Waals surface area contributed by atoms with E-state index in [0.717, 1.165) is 0 Å². The average molecular weight is 397 g/mol. The van der Waals surface area contributed by atoms with Gasteiger partial charge in [0, 0.05) is 11.8 Å². The lowest BCUT2D eigenvalue weighted by atomic mass is 9.62. The molecule has 0 aliphatic heterocycles. The number of fused-ring (bicyclic) bond motifs is 3. The maximum absolute atomic E-state index is 2.43. The van der Waals surface area contributed by atoms with Gasteiger partial charge in [0.1, 0.15) is 0 Å². The molecular weight excluding hydrogens is 372 g/mol. The first-order chi connectivity index (χ1) is 15.4. The van der Waals surface area contributed by atoms with Gasteiger partial charge in [0.2, 0.25) is 0 Å². The highest BCUT2D eigenvalue weighted by molar-refractivity contribution is 5.75. The van der Waals surface area contributed by atoms with Crippen LogP contribution in [0.1, 0.15) is 28.2 Å². The van der Waals surface area contributed by atoms with E-state index in [-0.39, 0.29) is 5.41 Å². The summed E-state index contributed by atoms with van der Waals surface area (Å²) < 4.78 is 0. The molecule has 0 bridgehead atoms. The van der Waals surface area contributed by atoms with Crippen LogP contribution in [-0.4, -0.2) is 0 Å². The minimum Gasteiger partial charge on any atom is -0.0789 e.